The quantitative estimate of drug-likeness (QED) is 0.462. The van der Waals surface area contributed by atoms with Crippen molar-refractivity contribution in [3.8, 4) is 0 Å². The Hall–Kier alpha value is -2.17. The number of anilines is 1. The van der Waals surface area contributed by atoms with Crippen LogP contribution in [0.25, 0.3) is 0 Å². The maximum atomic E-state index is 12.5. The van der Waals surface area contributed by atoms with Crippen LogP contribution in [0.3, 0.4) is 0 Å². The molecule has 10 heteroatoms. The Kier molecular flexibility index (Phi) is 8.50. The monoisotopic (exact) mass is 481 g/mol. The van der Waals surface area contributed by atoms with Crippen LogP contribution >= 0.6 is 11.6 Å². The molecular formula is C22H28ClN3O5S. The molecule has 1 heterocycles. The van der Waals surface area contributed by atoms with Gasteiger partial charge in [0.2, 0.25) is 10.0 Å². The number of amides is 2. The first kappa shape index (κ1) is 24.5. The van der Waals surface area contributed by atoms with Gasteiger partial charge in [0.05, 0.1) is 23.6 Å². The molecular weight excluding hydrogens is 454 g/mol. The summed E-state index contributed by atoms with van der Waals surface area (Å²) in [7, 11) is -3.60. The SMILES string of the molecule is Cc1ccccc1S(=O)(=O)NCC[C@H]1CC[C@H](NC(=O)Nc2cccc(Cl)c2)[C@H](CO)O1. The molecule has 0 saturated carbocycles. The van der Waals surface area contributed by atoms with Crippen LogP contribution < -0.4 is 15.4 Å². The lowest BCUT2D eigenvalue weighted by Crippen LogP contribution is -2.52. The summed E-state index contributed by atoms with van der Waals surface area (Å²) < 4.78 is 33.5. The largest absolute Gasteiger partial charge is 0.394 e. The molecule has 0 aromatic heterocycles. The van der Waals surface area contributed by atoms with Crippen LogP contribution in [0, 0.1) is 6.92 Å². The number of benzene rings is 2. The van der Waals surface area contributed by atoms with Crippen molar-refractivity contribution in [1.29, 1.82) is 0 Å². The lowest BCUT2D eigenvalue weighted by Gasteiger charge is -2.36. The van der Waals surface area contributed by atoms with Gasteiger partial charge in [-0.25, -0.2) is 17.9 Å². The number of hydrogen-bond acceptors (Lipinski definition) is 5. The second kappa shape index (κ2) is 11.1. The Balaban J connectivity index is 1.47. The van der Waals surface area contributed by atoms with Gasteiger partial charge in [0.1, 0.15) is 6.10 Å². The summed E-state index contributed by atoms with van der Waals surface area (Å²) in [6, 6.07) is 12.8. The van der Waals surface area contributed by atoms with E-state index in [1.54, 1.807) is 55.5 Å². The number of hydrogen-bond donors (Lipinski definition) is 4. The normalized spacial score (nSPS) is 21.2. The van der Waals surface area contributed by atoms with Crippen molar-refractivity contribution in [2.45, 2.75) is 49.3 Å². The zero-order chi connectivity index (χ0) is 23.1. The molecule has 1 saturated heterocycles. The molecule has 3 atom stereocenters. The molecule has 2 aromatic carbocycles. The lowest BCUT2D eigenvalue weighted by atomic mass is 9.97. The summed E-state index contributed by atoms with van der Waals surface area (Å²) in [5.41, 5.74) is 1.24. The van der Waals surface area contributed by atoms with E-state index in [4.69, 9.17) is 16.3 Å². The summed E-state index contributed by atoms with van der Waals surface area (Å²) in [5, 5.41) is 15.8. The van der Waals surface area contributed by atoms with Crippen LogP contribution in [-0.2, 0) is 14.8 Å². The third kappa shape index (κ3) is 6.66. The number of aliphatic hydroxyl groups excluding tert-OH is 1. The minimum Gasteiger partial charge on any atom is -0.394 e. The van der Waals surface area contributed by atoms with E-state index in [0.717, 1.165) is 0 Å². The van der Waals surface area contributed by atoms with E-state index in [1.807, 2.05) is 0 Å². The highest BCUT2D eigenvalue weighted by Crippen LogP contribution is 2.23. The van der Waals surface area contributed by atoms with Gasteiger partial charge in [-0.15, -0.1) is 0 Å². The van der Waals surface area contributed by atoms with Gasteiger partial charge in [-0.2, -0.15) is 0 Å². The van der Waals surface area contributed by atoms with Gasteiger partial charge >= 0.3 is 6.03 Å². The molecule has 2 aromatic rings. The van der Waals surface area contributed by atoms with E-state index >= 15 is 0 Å². The highest BCUT2D eigenvalue weighted by atomic mass is 35.5. The fourth-order valence-electron chi connectivity index (χ4n) is 3.70. The summed E-state index contributed by atoms with van der Waals surface area (Å²) in [4.78, 5) is 12.6. The number of carbonyl (C=O) groups is 1. The molecule has 1 fully saturated rings. The van der Waals surface area contributed by atoms with Gasteiger partial charge in [-0.3, -0.25) is 0 Å². The van der Waals surface area contributed by atoms with Crippen molar-refractivity contribution < 1.29 is 23.1 Å². The number of ether oxygens (including phenoxy) is 1. The standard InChI is InChI=1S/C22H28ClN3O5S/c1-15-5-2-3-8-21(15)32(29,30)24-12-11-18-9-10-19(20(14-27)31-18)26-22(28)25-17-7-4-6-16(23)13-17/h2-8,13,18-20,24,27H,9-12,14H2,1H3,(H2,25,26,28)/t18-,19+,20+/m1/s1. The van der Waals surface area contributed by atoms with Crippen molar-refractivity contribution in [1.82, 2.24) is 10.0 Å². The van der Waals surface area contributed by atoms with Crippen LogP contribution in [0.5, 0.6) is 0 Å². The number of aliphatic hydroxyl groups is 1. The third-order valence-corrected chi connectivity index (χ3v) is 7.19. The zero-order valence-electron chi connectivity index (χ0n) is 17.8. The highest BCUT2D eigenvalue weighted by molar-refractivity contribution is 7.89. The molecule has 174 valence electrons. The minimum absolute atomic E-state index is 0.215. The Labute approximate surface area is 193 Å². The van der Waals surface area contributed by atoms with E-state index in [1.165, 1.54) is 0 Å². The summed E-state index contributed by atoms with van der Waals surface area (Å²) in [6.45, 7) is 1.71. The summed E-state index contributed by atoms with van der Waals surface area (Å²) >= 11 is 5.93. The molecule has 0 spiro atoms. The van der Waals surface area contributed by atoms with Gasteiger partial charge in [0, 0.05) is 17.3 Å². The van der Waals surface area contributed by atoms with Crippen molar-refractivity contribution in [3.63, 3.8) is 0 Å². The molecule has 0 bridgehead atoms. The second-order valence-corrected chi connectivity index (χ2v) is 9.90. The summed E-state index contributed by atoms with van der Waals surface area (Å²) in [5.74, 6) is 0. The minimum atomic E-state index is -3.60. The molecule has 32 heavy (non-hydrogen) atoms. The van der Waals surface area contributed by atoms with Crippen LogP contribution in [-0.4, -0.2) is 51.0 Å². The zero-order valence-corrected chi connectivity index (χ0v) is 19.3. The second-order valence-electron chi connectivity index (χ2n) is 7.72. The smallest absolute Gasteiger partial charge is 0.319 e. The van der Waals surface area contributed by atoms with Crippen LogP contribution in [0.2, 0.25) is 5.02 Å². The number of carbonyl (C=O) groups excluding carboxylic acids is 1. The number of urea groups is 1. The Morgan fingerprint density at radius 1 is 1.19 bits per heavy atom. The van der Waals surface area contributed by atoms with E-state index in [9.17, 15) is 18.3 Å². The molecule has 0 aliphatic carbocycles. The van der Waals surface area contributed by atoms with Gasteiger partial charge in [0.25, 0.3) is 0 Å². The van der Waals surface area contributed by atoms with Crippen molar-refractivity contribution in [3.05, 3.63) is 59.1 Å². The average molecular weight is 482 g/mol. The molecule has 2 amide bonds. The lowest BCUT2D eigenvalue weighted by molar-refractivity contribution is -0.0884. The first-order valence-electron chi connectivity index (χ1n) is 10.4. The van der Waals surface area contributed by atoms with E-state index in [2.05, 4.69) is 15.4 Å². The molecule has 1 aliphatic rings. The van der Waals surface area contributed by atoms with Gasteiger partial charge in [-0.05, 0) is 56.0 Å². The number of aryl methyl sites for hydroxylation is 1. The Morgan fingerprint density at radius 3 is 2.69 bits per heavy atom. The fraction of sp³-hybridized carbons (Fsp3) is 0.409. The number of halogens is 1. The Morgan fingerprint density at radius 2 is 1.97 bits per heavy atom. The van der Waals surface area contributed by atoms with E-state index in [0.29, 0.717) is 35.5 Å². The third-order valence-electron chi connectivity index (χ3n) is 5.34. The number of rotatable bonds is 8. The molecule has 3 rings (SSSR count). The van der Waals surface area contributed by atoms with Gasteiger partial charge < -0.3 is 20.5 Å². The van der Waals surface area contributed by atoms with Crippen LogP contribution in [0.1, 0.15) is 24.8 Å². The van der Waals surface area contributed by atoms with Crippen molar-refractivity contribution >= 4 is 33.3 Å². The Bertz CT molecular complexity index is 1030. The molecule has 0 radical (unpaired) electrons. The summed E-state index contributed by atoms with van der Waals surface area (Å²) in [6.07, 6.45) is 0.893. The van der Waals surface area contributed by atoms with Crippen molar-refractivity contribution in [2.24, 2.45) is 0 Å². The van der Waals surface area contributed by atoms with Crippen molar-refractivity contribution in [2.75, 3.05) is 18.5 Å². The number of sulfonamides is 1. The average Bonchev–Trinajstić information content (AvgIpc) is 2.74. The number of nitrogens with one attached hydrogen (secondary N) is 3. The first-order chi connectivity index (χ1) is 15.3. The topological polar surface area (TPSA) is 117 Å². The van der Waals surface area contributed by atoms with Gasteiger partial charge in [-0.1, -0.05) is 35.9 Å². The maximum absolute atomic E-state index is 12.5. The predicted octanol–water partition coefficient (Wildman–Crippen LogP) is 3.05. The molecule has 1 aliphatic heterocycles. The molecule has 0 unspecified atom stereocenters. The molecule has 8 nitrogen and oxygen atoms in total. The van der Waals surface area contributed by atoms with E-state index in [-0.39, 0.29) is 30.2 Å². The fourth-order valence-corrected chi connectivity index (χ4v) is 5.18. The van der Waals surface area contributed by atoms with E-state index < -0.39 is 22.2 Å². The predicted molar refractivity (Wildman–Crippen MR) is 123 cm³/mol. The van der Waals surface area contributed by atoms with Gasteiger partial charge in [0.15, 0.2) is 0 Å². The van der Waals surface area contributed by atoms with Crippen LogP contribution in [0.15, 0.2) is 53.4 Å². The first-order valence-corrected chi connectivity index (χ1v) is 12.3. The highest BCUT2D eigenvalue weighted by Gasteiger charge is 2.32. The van der Waals surface area contributed by atoms with Crippen LogP contribution in [0.4, 0.5) is 10.5 Å². The molecule has 4 N–H and O–H groups in total. The maximum Gasteiger partial charge on any atom is 0.319 e.